The molecule has 2 N–H and O–H groups in total. The summed E-state index contributed by atoms with van der Waals surface area (Å²) in [6.07, 6.45) is 2.78. The maximum Gasteiger partial charge on any atom is 0.387 e. The van der Waals surface area contributed by atoms with Crippen LogP contribution in [-0.4, -0.2) is 49.6 Å². The minimum atomic E-state index is -4.09. The van der Waals surface area contributed by atoms with Crippen LogP contribution >= 0.6 is 35.0 Å². The molecule has 44 heavy (non-hydrogen) atoms. The van der Waals surface area contributed by atoms with Gasteiger partial charge in [-0.2, -0.15) is 17.8 Å². The number of nitrogen functional groups attached to an aromatic ring is 1. The van der Waals surface area contributed by atoms with Gasteiger partial charge in [-0.1, -0.05) is 29.3 Å². The number of ether oxygens (including phenoxy) is 3. The Balaban J connectivity index is 1.47. The van der Waals surface area contributed by atoms with Gasteiger partial charge in [0, 0.05) is 30.0 Å². The highest BCUT2D eigenvalue weighted by atomic mass is 35.5. The molecule has 2 fully saturated rings. The van der Waals surface area contributed by atoms with E-state index in [1.807, 2.05) is 0 Å². The van der Waals surface area contributed by atoms with Crippen molar-refractivity contribution in [3.8, 4) is 11.5 Å². The summed E-state index contributed by atoms with van der Waals surface area (Å²) in [6, 6.07) is 9.71. The summed E-state index contributed by atoms with van der Waals surface area (Å²) >= 11 is 13.7. The normalized spacial score (nSPS) is 17.9. The second-order valence-electron chi connectivity index (χ2n) is 10.2. The number of nitrogens with two attached hydrogens (primary N) is 1. The molecule has 16 heteroatoms. The molecule has 2 aromatic carbocycles. The molecule has 0 spiro atoms. The number of nitrogens with zero attached hydrogens (tertiary/aromatic N) is 2. The predicted molar refractivity (Wildman–Crippen MR) is 160 cm³/mol. The van der Waals surface area contributed by atoms with E-state index in [4.69, 9.17) is 38.4 Å². The fourth-order valence-electron chi connectivity index (χ4n) is 4.52. The predicted octanol–water partition coefficient (Wildman–Crippen LogP) is 5.19. The largest absolute Gasteiger partial charge is 0.619 e. The number of carbonyl (C=O) groups excluding carboxylic acids is 1. The van der Waals surface area contributed by atoms with Gasteiger partial charge in [0.2, 0.25) is 10.0 Å². The van der Waals surface area contributed by atoms with Crippen molar-refractivity contribution in [3.63, 3.8) is 0 Å². The zero-order valence-electron chi connectivity index (χ0n) is 22.9. The summed E-state index contributed by atoms with van der Waals surface area (Å²) in [5.74, 6) is -0.434. The highest BCUT2D eigenvalue weighted by Crippen LogP contribution is 2.39. The van der Waals surface area contributed by atoms with Gasteiger partial charge < -0.3 is 25.2 Å². The lowest BCUT2D eigenvalue weighted by atomic mass is 10.0. The third-order valence-corrected chi connectivity index (χ3v) is 10.8. The van der Waals surface area contributed by atoms with Crippen molar-refractivity contribution >= 4 is 56.6 Å². The number of rotatable bonds is 12. The van der Waals surface area contributed by atoms with E-state index in [-0.39, 0.29) is 51.6 Å². The molecule has 1 aromatic heterocycles. The lowest BCUT2D eigenvalue weighted by Crippen LogP contribution is -2.40. The standard InChI is InChI=1S/C28H27Cl2F2N3O7S2/c29-21-13-34(37)14-22(30)20(21)12-24(17-3-8-23(42-28(31)32)25(11-17)40-15-16-1-2-16)41-27(36)26-35(9-10-43-26)44(38,39)19-6-4-18(33)5-7-19/h3-8,11,13-14,16,24,26,28H,1-2,9-10,12,15,33H2/t24-,26-/m0/s1. The molecule has 1 saturated carbocycles. The van der Waals surface area contributed by atoms with E-state index in [0.29, 0.717) is 27.7 Å². The molecule has 2 aliphatic rings. The second kappa shape index (κ2) is 13.5. The van der Waals surface area contributed by atoms with Crippen LogP contribution in [-0.2, 0) is 26.0 Å². The molecule has 0 bridgehead atoms. The van der Waals surface area contributed by atoms with Crippen LogP contribution < -0.4 is 19.9 Å². The molecule has 236 valence electrons. The number of pyridine rings is 1. The number of halogens is 4. The third kappa shape index (κ3) is 7.60. The Hall–Kier alpha value is -3.04. The van der Waals surface area contributed by atoms with E-state index in [9.17, 15) is 27.2 Å². The number of benzene rings is 2. The average molecular weight is 691 g/mol. The zero-order chi connectivity index (χ0) is 31.6. The molecular weight excluding hydrogens is 663 g/mol. The van der Waals surface area contributed by atoms with Gasteiger partial charge in [0.15, 0.2) is 29.3 Å². The van der Waals surface area contributed by atoms with Crippen molar-refractivity contribution in [2.45, 2.75) is 42.2 Å². The Bertz CT molecular complexity index is 1610. The van der Waals surface area contributed by atoms with E-state index in [2.05, 4.69) is 4.74 Å². The Labute approximate surface area is 266 Å². The summed E-state index contributed by atoms with van der Waals surface area (Å²) in [6.45, 7) is -2.77. The number of hydrogen-bond acceptors (Lipinski definition) is 9. The van der Waals surface area contributed by atoms with E-state index >= 15 is 0 Å². The minimum absolute atomic E-state index is 0.000735. The summed E-state index contributed by atoms with van der Waals surface area (Å²) in [5, 5.41) is 10.6. The highest BCUT2D eigenvalue weighted by Gasteiger charge is 2.42. The van der Waals surface area contributed by atoms with E-state index < -0.39 is 34.1 Å². The van der Waals surface area contributed by atoms with Crippen LogP contribution in [0.25, 0.3) is 0 Å². The first kappa shape index (κ1) is 32.4. The van der Waals surface area contributed by atoms with Crippen LogP contribution in [0.5, 0.6) is 11.5 Å². The third-order valence-electron chi connectivity index (χ3n) is 6.97. The second-order valence-corrected chi connectivity index (χ2v) is 14.1. The molecule has 10 nitrogen and oxygen atoms in total. The Kier molecular flexibility index (Phi) is 9.95. The van der Waals surface area contributed by atoms with Crippen LogP contribution in [0.1, 0.15) is 30.1 Å². The Morgan fingerprint density at radius 2 is 1.80 bits per heavy atom. The maximum absolute atomic E-state index is 13.7. The highest BCUT2D eigenvalue weighted by molar-refractivity contribution is 8.02. The molecule has 1 aliphatic carbocycles. The molecule has 2 heterocycles. The number of sulfonamides is 1. The number of thioether (sulfide) groups is 1. The van der Waals surface area contributed by atoms with Crippen LogP contribution in [0.2, 0.25) is 10.0 Å². The maximum atomic E-state index is 13.7. The minimum Gasteiger partial charge on any atom is -0.619 e. The van der Waals surface area contributed by atoms with Gasteiger partial charge in [-0.25, -0.2) is 13.2 Å². The van der Waals surface area contributed by atoms with Gasteiger partial charge in [-0.15, -0.1) is 11.8 Å². The van der Waals surface area contributed by atoms with Crippen molar-refractivity contribution in [3.05, 3.63) is 81.2 Å². The molecule has 1 aliphatic heterocycles. The van der Waals surface area contributed by atoms with Crippen molar-refractivity contribution < 1.29 is 40.9 Å². The molecule has 5 rings (SSSR count). The first-order valence-electron chi connectivity index (χ1n) is 13.4. The first-order chi connectivity index (χ1) is 20.9. The molecule has 2 atom stereocenters. The van der Waals surface area contributed by atoms with Crippen LogP contribution in [0, 0.1) is 11.1 Å². The molecule has 0 radical (unpaired) electrons. The fraction of sp³-hybridized carbons (Fsp3) is 0.357. The van der Waals surface area contributed by atoms with Gasteiger partial charge in [0.1, 0.15) is 16.1 Å². The summed E-state index contributed by atoms with van der Waals surface area (Å²) in [4.78, 5) is 13.6. The Morgan fingerprint density at radius 3 is 2.43 bits per heavy atom. The van der Waals surface area contributed by atoms with Gasteiger partial charge in [0.25, 0.3) is 0 Å². The fourth-order valence-corrected chi connectivity index (χ4v) is 8.17. The van der Waals surface area contributed by atoms with Gasteiger partial charge in [-0.3, -0.25) is 0 Å². The van der Waals surface area contributed by atoms with Crippen molar-refractivity contribution in [1.82, 2.24) is 4.31 Å². The van der Waals surface area contributed by atoms with Crippen LogP contribution in [0.15, 0.2) is 59.8 Å². The van der Waals surface area contributed by atoms with Crippen molar-refractivity contribution in [1.29, 1.82) is 0 Å². The Morgan fingerprint density at radius 1 is 1.11 bits per heavy atom. The lowest BCUT2D eigenvalue weighted by molar-refractivity contribution is -0.605. The number of alkyl halides is 2. The van der Waals surface area contributed by atoms with Crippen molar-refractivity contribution in [2.24, 2.45) is 5.92 Å². The van der Waals surface area contributed by atoms with E-state index in [0.717, 1.165) is 41.3 Å². The SMILES string of the molecule is Nc1ccc(S(=O)(=O)N2CCS[C@H]2C(=O)O[C@@H](Cc2c(Cl)c[n+]([O-])cc2Cl)c2ccc(OC(F)F)c(OCC3CC3)c2)cc1. The van der Waals surface area contributed by atoms with E-state index in [1.165, 1.54) is 42.5 Å². The number of carbonyl (C=O) groups is 1. The van der Waals surface area contributed by atoms with Gasteiger partial charge >= 0.3 is 12.6 Å². The first-order valence-corrected chi connectivity index (χ1v) is 16.6. The van der Waals surface area contributed by atoms with Gasteiger partial charge in [0.05, 0.1) is 11.5 Å². The summed E-state index contributed by atoms with van der Waals surface area (Å²) in [5.41, 5.74) is 6.67. The average Bonchev–Trinajstić information content (AvgIpc) is 3.65. The smallest absolute Gasteiger partial charge is 0.387 e. The molecule has 1 saturated heterocycles. The topological polar surface area (TPSA) is 135 Å². The van der Waals surface area contributed by atoms with Crippen molar-refractivity contribution in [2.75, 3.05) is 24.6 Å². The molecule has 3 aromatic rings. The number of aromatic nitrogens is 1. The lowest BCUT2D eigenvalue weighted by Gasteiger charge is -2.26. The number of esters is 1. The quantitative estimate of drug-likeness (QED) is 0.118. The zero-order valence-corrected chi connectivity index (χ0v) is 26.1. The summed E-state index contributed by atoms with van der Waals surface area (Å²) in [7, 11) is -4.09. The molecule has 0 amide bonds. The monoisotopic (exact) mass is 689 g/mol. The molecule has 0 unspecified atom stereocenters. The van der Waals surface area contributed by atoms with Crippen LogP contribution in [0.4, 0.5) is 14.5 Å². The van der Waals surface area contributed by atoms with E-state index in [1.54, 1.807) is 0 Å². The van der Waals surface area contributed by atoms with Crippen LogP contribution in [0.3, 0.4) is 0 Å². The number of anilines is 1. The van der Waals surface area contributed by atoms with Gasteiger partial charge in [-0.05, 0) is 60.7 Å². The summed E-state index contributed by atoms with van der Waals surface area (Å²) < 4.78 is 71.0. The molecular formula is C28H27Cl2F2N3O7S2. The number of hydrogen-bond donors (Lipinski definition) is 1.